The summed E-state index contributed by atoms with van der Waals surface area (Å²) in [5.41, 5.74) is 0.821. The number of thiophene rings is 1. The van der Waals surface area contributed by atoms with Crippen molar-refractivity contribution in [2.24, 2.45) is 0 Å². The Kier molecular flexibility index (Phi) is 5.94. The maximum atomic E-state index is 12.0. The molecule has 0 spiro atoms. The van der Waals surface area contributed by atoms with Gasteiger partial charge >= 0.3 is 0 Å². The van der Waals surface area contributed by atoms with E-state index in [4.69, 9.17) is 16.3 Å². The topological polar surface area (TPSA) is 67.4 Å². The second-order valence-corrected chi connectivity index (χ2v) is 5.73. The summed E-state index contributed by atoms with van der Waals surface area (Å²) in [5, 5.41) is 7.61. The number of hydrogen-bond donors (Lipinski definition) is 2. The Morgan fingerprint density at radius 1 is 1.27 bits per heavy atom. The maximum absolute atomic E-state index is 12.0. The molecule has 0 bridgehead atoms. The number of benzene rings is 1. The zero-order valence-corrected chi connectivity index (χ0v) is 13.5. The zero-order valence-electron chi connectivity index (χ0n) is 11.9. The lowest BCUT2D eigenvalue weighted by atomic mass is 10.2. The van der Waals surface area contributed by atoms with Crippen LogP contribution >= 0.6 is 22.9 Å². The number of ether oxygens (including phenoxy) is 1. The van der Waals surface area contributed by atoms with Crippen molar-refractivity contribution in [1.82, 2.24) is 5.32 Å². The monoisotopic (exact) mass is 338 g/mol. The quantitative estimate of drug-likeness (QED) is 0.795. The van der Waals surface area contributed by atoms with Gasteiger partial charge in [-0.1, -0.05) is 17.7 Å². The van der Waals surface area contributed by atoms with Crippen LogP contribution in [0.25, 0.3) is 0 Å². The standard InChI is InChI=1S/C15H15ClN2O3S/c1-21-7-6-17-14(19)10-4-5-11(16)12(9-10)18-15(20)13-3-2-8-22-13/h2-5,8-9H,6-7H2,1H3,(H,17,19)(H,18,20). The van der Waals surface area contributed by atoms with E-state index in [9.17, 15) is 9.59 Å². The summed E-state index contributed by atoms with van der Waals surface area (Å²) in [6.07, 6.45) is 0. The number of hydrogen-bond acceptors (Lipinski definition) is 4. The lowest BCUT2D eigenvalue weighted by Crippen LogP contribution is -2.27. The second-order valence-electron chi connectivity index (χ2n) is 4.37. The fourth-order valence-electron chi connectivity index (χ4n) is 1.72. The van der Waals surface area contributed by atoms with Crippen molar-refractivity contribution in [1.29, 1.82) is 0 Å². The molecule has 5 nitrogen and oxygen atoms in total. The van der Waals surface area contributed by atoms with Gasteiger partial charge in [0.1, 0.15) is 0 Å². The SMILES string of the molecule is COCCNC(=O)c1ccc(Cl)c(NC(=O)c2cccs2)c1. The Hall–Kier alpha value is -1.89. The average molecular weight is 339 g/mol. The van der Waals surface area contributed by atoms with Gasteiger partial charge in [-0.15, -0.1) is 11.3 Å². The molecule has 0 aliphatic heterocycles. The molecular formula is C15H15ClN2O3S. The second kappa shape index (κ2) is 7.93. The third-order valence-corrected chi connectivity index (χ3v) is 4.01. The van der Waals surface area contributed by atoms with Crippen molar-refractivity contribution in [3.05, 3.63) is 51.2 Å². The van der Waals surface area contributed by atoms with E-state index in [0.717, 1.165) is 0 Å². The van der Waals surface area contributed by atoms with Crippen LogP contribution in [-0.2, 0) is 4.74 Å². The minimum absolute atomic E-state index is 0.250. The van der Waals surface area contributed by atoms with Crippen LogP contribution in [0.15, 0.2) is 35.7 Å². The smallest absolute Gasteiger partial charge is 0.265 e. The highest BCUT2D eigenvalue weighted by molar-refractivity contribution is 7.12. The molecule has 0 aliphatic carbocycles. The Labute approximate surface area is 137 Å². The molecule has 2 rings (SSSR count). The fourth-order valence-corrected chi connectivity index (χ4v) is 2.51. The van der Waals surface area contributed by atoms with Crippen LogP contribution in [0.1, 0.15) is 20.0 Å². The van der Waals surface area contributed by atoms with Gasteiger partial charge in [0.15, 0.2) is 0 Å². The molecule has 1 heterocycles. The van der Waals surface area contributed by atoms with Gasteiger partial charge < -0.3 is 15.4 Å². The Morgan fingerprint density at radius 3 is 2.77 bits per heavy atom. The predicted molar refractivity (Wildman–Crippen MR) is 87.9 cm³/mol. The molecule has 2 aromatic rings. The van der Waals surface area contributed by atoms with Crippen molar-refractivity contribution in [2.45, 2.75) is 0 Å². The van der Waals surface area contributed by atoms with Gasteiger partial charge in [0.25, 0.3) is 11.8 Å². The number of methoxy groups -OCH3 is 1. The van der Waals surface area contributed by atoms with Crippen LogP contribution in [0, 0.1) is 0 Å². The summed E-state index contributed by atoms with van der Waals surface area (Å²) in [6.45, 7) is 0.843. The maximum Gasteiger partial charge on any atom is 0.265 e. The van der Waals surface area contributed by atoms with E-state index in [1.54, 1.807) is 37.4 Å². The molecule has 116 valence electrons. The molecule has 1 aromatic carbocycles. The van der Waals surface area contributed by atoms with E-state index < -0.39 is 0 Å². The molecule has 7 heteroatoms. The van der Waals surface area contributed by atoms with E-state index in [2.05, 4.69) is 10.6 Å². The number of amides is 2. The van der Waals surface area contributed by atoms with Gasteiger partial charge in [0.2, 0.25) is 0 Å². The van der Waals surface area contributed by atoms with Crippen LogP contribution < -0.4 is 10.6 Å². The summed E-state index contributed by atoms with van der Waals surface area (Å²) in [6, 6.07) is 8.24. The minimum Gasteiger partial charge on any atom is -0.383 e. The Morgan fingerprint density at radius 2 is 2.09 bits per heavy atom. The molecule has 0 radical (unpaired) electrons. The Balaban J connectivity index is 2.09. The predicted octanol–water partition coefficient (Wildman–Crippen LogP) is 3.03. The summed E-state index contributed by atoms with van der Waals surface area (Å²) >= 11 is 7.40. The highest BCUT2D eigenvalue weighted by atomic mass is 35.5. The largest absolute Gasteiger partial charge is 0.383 e. The number of carbonyl (C=O) groups excluding carboxylic acids is 2. The Bertz CT molecular complexity index is 659. The number of anilines is 1. The lowest BCUT2D eigenvalue weighted by Gasteiger charge is -2.09. The van der Waals surface area contributed by atoms with Crippen molar-refractivity contribution >= 4 is 40.4 Å². The van der Waals surface area contributed by atoms with E-state index >= 15 is 0 Å². The van der Waals surface area contributed by atoms with Gasteiger partial charge in [-0.05, 0) is 29.6 Å². The number of rotatable bonds is 6. The molecule has 0 saturated carbocycles. The van der Waals surface area contributed by atoms with Crippen molar-refractivity contribution in [3.8, 4) is 0 Å². The zero-order chi connectivity index (χ0) is 15.9. The first-order chi connectivity index (χ1) is 10.6. The molecule has 0 atom stereocenters. The number of nitrogens with one attached hydrogen (secondary N) is 2. The third kappa shape index (κ3) is 4.30. The third-order valence-electron chi connectivity index (χ3n) is 2.81. The van der Waals surface area contributed by atoms with E-state index in [1.165, 1.54) is 11.3 Å². The van der Waals surface area contributed by atoms with Crippen molar-refractivity contribution in [3.63, 3.8) is 0 Å². The van der Waals surface area contributed by atoms with Crippen LogP contribution in [0.3, 0.4) is 0 Å². The molecule has 0 fully saturated rings. The molecule has 22 heavy (non-hydrogen) atoms. The molecular weight excluding hydrogens is 324 g/mol. The minimum atomic E-state index is -0.256. The van der Waals surface area contributed by atoms with Gasteiger partial charge in [-0.25, -0.2) is 0 Å². The molecule has 0 saturated heterocycles. The molecule has 0 unspecified atom stereocenters. The van der Waals surface area contributed by atoms with Crippen molar-refractivity contribution < 1.29 is 14.3 Å². The van der Waals surface area contributed by atoms with E-state index in [-0.39, 0.29) is 11.8 Å². The lowest BCUT2D eigenvalue weighted by molar-refractivity contribution is 0.0936. The molecule has 2 amide bonds. The highest BCUT2D eigenvalue weighted by Crippen LogP contribution is 2.24. The first-order valence-electron chi connectivity index (χ1n) is 6.53. The normalized spacial score (nSPS) is 10.3. The van der Waals surface area contributed by atoms with Gasteiger partial charge in [-0.3, -0.25) is 9.59 Å². The van der Waals surface area contributed by atoms with Crippen molar-refractivity contribution in [2.75, 3.05) is 25.6 Å². The summed E-state index contributed by atoms with van der Waals surface area (Å²) in [5.74, 6) is -0.505. The highest BCUT2D eigenvalue weighted by Gasteiger charge is 2.12. The van der Waals surface area contributed by atoms with Gasteiger partial charge in [0, 0.05) is 19.2 Å². The first-order valence-corrected chi connectivity index (χ1v) is 7.79. The fraction of sp³-hybridized carbons (Fsp3) is 0.200. The van der Waals surface area contributed by atoms with Crippen LogP contribution in [0.5, 0.6) is 0 Å². The van der Waals surface area contributed by atoms with Crippen LogP contribution in [0.4, 0.5) is 5.69 Å². The van der Waals surface area contributed by atoms with E-state index in [1.807, 2.05) is 5.38 Å². The molecule has 0 aliphatic rings. The van der Waals surface area contributed by atoms with Gasteiger partial charge in [-0.2, -0.15) is 0 Å². The van der Waals surface area contributed by atoms with Crippen LogP contribution in [0.2, 0.25) is 5.02 Å². The summed E-state index contributed by atoms with van der Waals surface area (Å²) < 4.78 is 4.87. The number of carbonyl (C=O) groups is 2. The summed E-state index contributed by atoms with van der Waals surface area (Å²) in [4.78, 5) is 24.6. The van der Waals surface area contributed by atoms with Crippen LogP contribution in [-0.4, -0.2) is 32.1 Å². The molecule has 1 aromatic heterocycles. The summed E-state index contributed by atoms with van der Waals surface area (Å²) in [7, 11) is 1.56. The van der Waals surface area contributed by atoms with Gasteiger partial charge in [0.05, 0.1) is 22.2 Å². The average Bonchev–Trinajstić information content (AvgIpc) is 3.04. The van der Waals surface area contributed by atoms with E-state index in [0.29, 0.717) is 34.3 Å². The number of halogens is 1. The first kappa shape index (κ1) is 16.5. The molecule has 2 N–H and O–H groups in total.